The zero-order valence-corrected chi connectivity index (χ0v) is 19.2. The first-order valence-corrected chi connectivity index (χ1v) is 11.5. The van der Waals surface area contributed by atoms with Crippen molar-refractivity contribution in [2.24, 2.45) is 17.2 Å². The molecule has 0 saturated heterocycles. The number of hydrogen-bond donors (Lipinski definition) is 6. The summed E-state index contributed by atoms with van der Waals surface area (Å²) in [6.07, 6.45) is 1.36. The highest BCUT2D eigenvalue weighted by Gasteiger charge is 2.31. The Kier molecular flexibility index (Phi) is 11.2. The van der Waals surface area contributed by atoms with Crippen LogP contribution in [0.3, 0.4) is 0 Å². The smallest absolute Gasteiger partial charge is 0.326 e. The summed E-state index contributed by atoms with van der Waals surface area (Å²) in [4.78, 5) is 37.6. The third-order valence-corrected chi connectivity index (χ3v) is 5.62. The number of carboxylic acids is 1. The molecule has 2 rings (SSSR count). The SMILES string of the molecule is NCCC[C@H](NC(=O)[C@H](CCCN)NC(=O)[C@@H](N)C(c1ccccc1)c1ccccc1)C(=O)O. The summed E-state index contributed by atoms with van der Waals surface area (Å²) in [6.45, 7) is 0.625. The molecule has 3 atom stereocenters. The van der Waals surface area contributed by atoms with Crippen LogP contribution in [0.4, 0.5) is 0 Å². The molecule has 0 bridgehead atoms. The van der Waals surface area contributed by atoms with Crippen molar-refractivity contribution in [1.29, 1.82) is 0 Å². The van der Waals surface area contributed by atoms with Crippen molar-refractivity contribution in [3.8, 4) is 0 Å². The molecular formula is C25H35N5O4. The van der Waals surface area contributed by atoms with Crippen LogP contribution in [-0.4, -0.2) is 54.1 Å². The first-order chi connectivity index (χ1) is 16.4. The fourth-order valence-corrected chi connectivity index (χ4v) is 3.79. The largest absolute Gasteiger partial charge is 0.480 e. The third kappa shape index (κ3) is 7.95. The zero-order valence-electron chi connectivity index (χ0n) is 19.2. The van der Waals surface area contributed by atoms with Crippen LogP contribution in [0.15, 0.2) is 60.7 Å². The standard InChI is InChI=1S/C25H35N5O4/c26-15-7-13-19(23(31)30-20(25(33)34)14-8-16-27)29-24(32)22(28)21(17-9-3-1-4-10-17)18-11-5-2-6-12-18/h1-6,9-12,19-22H,7-8,13-16,26-28H2,(H,29,32)(H,30,31)(H,33,34)/t19-,20-,22-/m0/s1. The van der Waals surface area contributed by atoms with E-state index in [1.807, 2.05) is 60.7 Å². The van der Waals surface area contributed by atoms with Gasteiger partial charge in [0.15, 0.2) is 0 Å². The Labute approximate surface area is 200 Å². The van der Waals surface area contributed by atoms with Gasteiger partial charge in [0.25, 0.3) is 0 Å². The fraction of sp³-hybridized carbons (Fsp3) is 0.400. The molecule has 0 heterocycles. The number of benzene rings is 2. The highest BCUT2D eigenvalue weighted by Crippen LogP contribution is 2.27. The average Bonchev–Trinajstić information content (AvgIpc) is 2.85. The fourth-order valence-electron chi connectivity index (χ4n) is 3.79. The number of carboxylic acid groups (broad SMARTS) is 1. The predicted octanol–water partition coefficient (Wildman–Crippen LogP) is 0.678. The molecule has 2 aromatic carbocycles. The Hall–Kier alpha value is -3.27. The van der Waals surface area contributed by atoms with E-state index in [0.29, 0.717) is 25.9 Å². The highest BCUT2D eigenvalue weighted by atomic mass is 16.4. The average molecular weight is 470 g/mol. The van der Waals surface area contributed by atoms with Gasteiger partial charge >= 0.3 is 5.97 Å². The lowest BCUT2D eigenvalue weighted by atomic mass is 9.85. The number of nitrogens with one attached hydrogen (secondary N) is 2. The second-order valence-corrected chi connectivity index (χ2v) is 8.15. The summed E-state index contributed by atoms with van der Waals surface area (Å²) in [5, 5.41) is 14.6. The summed E-state index contributed by atoms with van der Waals surface area (Å²) in [5.41, 5.74) is 19.2. The predicted molar refractivity (Wildman–Crippen MR) is 131 cm³/mol. The van der Waals surface area contributed by atoms with Gasteiger partial charge in [0.05, 0.1) is 6.04 Å². The summed E-state index contributed by atoms with van der Waals surface area (Å²) in [7, 11) is 0. The number of carbonyl (C=O) groups is 3. The zero-order chi connectivity index (χ0) is 24.9. The molecule has 0 radical (unpaired) electrons. The van der Waals surface area contributed by atoms with E-state index >= 15 is 0 Å². The quantitative estimate of drug-likeness (QED) is 0.236. The minimum atomic E-state index is -1.16. The van der Waals surface area contributed by atoms with Crippen LogP contribution in [0, 0.1) is 0 Å². The van der Waals surface area contributed by atoms with Gasteiger partial charge in [-0.1, -0.05) is 60.7 Å². The normalized spacial score (nSPS) is 13.6. The second-order valence-electron chi connectivity index (χ2n) is 8.15. The third-order valence-electron chi connectivity index (χ3n) is 5.62. The number of amides is 2. The topological polar surface area (TPSA) is 174 Å². The van der Waals surface area contributed by atoms with E-state index in [4.69, 9.17) is 17.2 Å². The van der Waals surface area contributed by atoms with E-state index in [0.717, 1.165) is 11.1 Å². The molecule has 0 aliphatic rings. The van der Waals surface area contributed by atoms with Crippen LogP contribution in [0.25, 0.3) is 0 Å². The summed E-state index contributed by atoms with van der Waals surface area (Å²) >= 11 is 0. The van der Waals surface area contributed by atoms with Crippen molar-refractivity contribution in [1.82, 2.24) is 10.6 Å². The van der Waals surface area contributed by atoms with Gasteiger partial charge in [0.1, 0.15) is 12.1 Å². The molecule has 9 nitrogen and oxygen atoms in total. The Morgan fingerprint density at radius 2 is 1.18 bits per heavy atom. The molecule has 184 valence electrons. The van der Waals surface area contributed by atoms with Crippen molar-refractivity contribution in [3.05, 3.63) is 71.8 Å². The second kappa shape index (κ2) is 14.1. The van der Waals surface area contributed by atoms with E-state index < -0.39 is 41.8 Å². The lowest BCUT2D eigenvalue weighted by Gasteiger charge is -2.27. The van der Waals surface area contributed by atoms with E-state index in [1.165, 1.54) is 0 Å². The van der Waals surface area contributed by atoms with E-state index in [-0.39, 0.29) is 12.8 Å². The summed E-state index contributed by atoms with van der Waals surface area (Å²) < 4.78 is 0. The van der Waals surface area contributed by atoms with Gasteiger partial charge < -0.3 is 32.9 Å². The number of carbonyl (C=O) groups excluding carboxylic acids is 2. The molecule has 0 spiro atoms. The van der Waals surface area contributed by atoms with Gasteiger partial charge in [-0.3, -0.25) is 9.59 Å². The van der Waals surface area contributed by atoms with E-state index in [1.54, 1.807) is 0 Å². The van der Waals surface area contributed by atoms with Crippen molar-refractivity contribution < 1.29 is 19.5 Å². The number of nitrogens with two attached hydrogens (primary N) is 3. The van der Waals surface area contributed by atoms with E-state index in [2.05, 4.69) is 10.6 Å². The molecule has 0 saturated carbocycles. The lowest BCUT2D eigenvalue weighted by molar-refractivity contribution is -0.142. The maximum atomic E-state index is 13.2. The van der Waals surface area contributed by atoms with Crippen molar-refractivity contribution in [2.45, 2.75) is 49.7 Å². The Morgan fingerprint density at radius 3 is 1.62 bits per heavy atom. The lowest BCUT2D eigenvalue weighted by Crippen LogP contribution is -2.55. The van der Waals surface area contributed by atoms with Gasteiger partial charge in [-0.2, -0.15) is 0 Å². The molecule has 9 heteroatoms. The van der Waals surface area contributed by atoms with Crippen molar-refractivity contribution in [2.75, 3.05) is 13.1 Å². The van der Waals surface area contributed by atoms with Crippen molar-refractivity contribution in [3.63, 3.8) is 0 Å². The van der Waals surface area contributed by atoms with Crippen molar-refractivity contribution >= 4 is 17.8 Å². The Bertz CT molecular complexity index is 871. The van der Waals surface area contributed by atoms with Gasteiger partial charge in [-0.25, -0.2) is 4.79 Å². The number of rotatable bonds is 14. The summed E-state index contributed by atoms with van der Waals surface area (Å²) in [5.74, 6) is -2.69. The van der Waals surface area contributed by atoms with Gasteiger partial charge in [0, 0.05) is 5.92 Å². The van der Waals surface area contributed by atoms with Gasteiger partial charge in [-0.05, 0) is 49.9 Å². The molecular weight excluding hydrogens is 434 g/mol. The van der Waals surface area contributed by atoms with Crippen LogP contribution >= 0.6 is 0 Å². The Balaban J connectivity index is 2.21. The minimum absolute atomic E-state index is 0.193. The van der Waals surface area contributed by atoms with E-state index in [9.17, 15) is 19.5 Å². The highest BCUT2D eigenvalue weighted by molar-refractivity contribution is 5.92. The molecule has 0 aliphatic carbocycles. The van der Waals surface area contributed by atoms with Crippen LogP contribution in [0.1, 0.15) is 42.7 Å². The van der Waals surface area contributed by atoms with Crippen LogP contribution < -0.4 is 27.8 Å². The van der Waals surface area contributed by atoms with Crippen LogP contribution in [0.2, 0.25) is 0 Å². The molecule has 2 amide bonds. The summed E-state index contributed by atoms with van der Waals surface area (Å²) in [6, 6.07) is 15.8. The van der Waals surface area contributed by atoms with Crippen LogP contribution in [-0.2, 0) is 14.4 Å². The molecule has 2 aromatic rings. The molecule has 0 aliphatic heterocycles. The van der Waals surface area contributed by atoms with Crippen LogP contribution in [0.5, 0.6) is 0 Å². The molecule has 0 unspecified atom stereocenters. The molecule has 34 heavy (non-hydrogen) atoms. The molecule has 9 N–H and O–H groups in total. The van der Waals surface area contributed by atoms with Gasteiger partial charge in [0.2, 0.25) is 11.8 Å². The number of aliphatic carboxylic acids is 1. The Morgan fingerprint density at radius 1 is 0.735 bits per heavy atom. The van der Waals surface area contributed by atoms with Gasteiger partial charge in [-0.15, -0.1) is 0 Å². The molecule has 0 fully saturated rings. The minimum Gasteiger partial charge on any atom is -0.480 e. The monoisotopic (exact) mass is 469 g/mol. The maximum Gasteiger partial charge on any atom is 0.326 e. The first-order valence-electron chi connectivity index (χ1n) is 11.5. The molecule has 0 aromatic heterocycles. The maximum absolute atomic E-state index is 13.2. The number of hydrogen-bond acceptors (Lipinski definition) is 6. The first kappa shape index (κ1) is 27.0.